The Morgan fingerprint density at radius 1 is 1.30 bits per heavy atom. The average Bonchev–Trinajstić information content (AvgIpc) is 2.47. The number of hydrogen-bond acceptors (Lipinski definition) is 4. The van der Waals surface area contributed by atoms with Gasteiger partial charge in [0.2, 0.25) is 0 Å². The van der Waals surface area contributed by atoms with Gasteiger partial charge in [-0.3, -0.25) is 10.1 Å². The Labute approximate surface area is 119 Å². The highest BCUT2D eigenvalue weighted by Crippen LogP contribution is 2.31. The number of benzene rings is 1. The minimum absolute atomic E-state index is 0.0640. The number of nitrogens with one attached hydrogen (secondary N) is 1. The summed E-state index contributed by atoms with van der Waals surface area (Å²) in [6, 6.07) is 5.25. The van der Waals surface area contributed by atoms with Crippen LogP contribution in [0.3, 0.4) is 0 Å². The smallest absolute Gasteiger partial charge is 0.275 e. The number of ether oxygens (including phenoxy) is 1. The van der Waals surface area contributed by atoms with Crippen LogP contribution in [0, 0.1) is 16.0 Å². The predicted octanol–water partition coefficient (Wildman–Crippen LogP) is 3.98. The minimum atomic E-state index is -0.387. The monoisotopic (exact) mass is 278 g/mol. The van der Waals surface area contributed by atoms with Gasteiger partial charge in [0.25, 0.3) is 5.69 Å². The standard InChI is InChI=1S/C15H22N2O3/c1-3-11-4-6-12(7-5-11)16-13-8-14(17(18)19)10-15(9-13)20-2/h8-12,16H,3-7H2,1-2H3. The Balaban J connectivity index is 2.05. The second-order valence-electron chi connectivity index (χ2n) is 5.45. The summed E-state index contributed by atoms with van der Waals surface area (Å²) in [6.07, 6.45) is 5.98. The van der Waals surface area contributed by atoms with Crippen molar-refractivity contribution >= 4 is 11.4 Å². The molecule has 0 aromatic heterocycles. The fourth-order valence-electron chi connectivity index (χ4n) is 2.84. The van der Waals surface area contributed by atoms with Crippen molar-refractivity contribution in [1.82, 2.24) is 0 Å². The van der Waals surface area contributed by atoms with E-state index in [2.05, 4.69) is 12.2 Å². The molecule has 1 fully saturated rings. The van der Waals surface area contributed by atoms with Gasteiger partial charge in [0, 0.05) is 23.9 Å². The highest BCUT2D eigenvalue weighted by Gasteiger charge is 2.20. The SMILES string of the molecule is CCC1CCC(Nc2cc(OC)cc([N+](=O)[O-])c2)CC1. The van der Waals surface area contributed by atoms with Crippen molar-refractivity contribution in [3.05, 3.63) is 28.3 Å². The Bertz CT molecular complexity index is 468. The van der Waals surface area contributed by atoms with Gasteiger partial charge >= 0.3 is 0 Å². The molecule has 1 aliphatic carbocycles. The quantitative estimate of drug-likeness (QED) is 0.653. The van der Waals surface area contributed by atoms with Crippen LogP contribution in [0.25, 0.3) is 0 Å². The van der Waals surface area contributed by atoms with Gasteiger partial charge in [-0.2, -0.15) is 0 Å². The second-order valence-corrected chi connectivity index (χ2v) is 5.45. The van der Waals surface area contributed by atoms with E-state index in [0.29, 0.717) is 11.8 Å². The lowest BCUT2D eigenvalue weighted by Crippen LogP contribution is -2.25. The zero-order valence-electron chi connectivity index (χ0n) is 12.1. The molecule has 0 heterocycles. The molecule has 0 saturated heterocycles. The number of non-ortho nitro benzene ring substituents is 1. The van der Waals surface area contributed by atoms with Crippen LogP contribution in [-0.2, 0) is 0 Å². The molecule has 1 aliphatic rings. The molecular formula is C15H22N2O3. The summed E-state index contributed by atoms with van der Waals surface area (Å²) < 4.78 is 5.12. The molecule has 0 atom stereocenters. The van der Waals surface area contributed by atoms with E-state index >= 15 is 0 Å². The van der Waals surface area contributed by atoms with Crippen molar-refractivity contribution in [2.45, 2.75) is 45.1 Å². The van der Waals surface area contributed by atoms with Crippen LogP contribution in [0.5, 0.6) is 5.75 Å². The Morgan fingerprint density at radius 2 is 2.00 bits per heavy atom. The summed E-state index contributed by atoms with van der Waals surface area (Å²) in [4.78, 5) is 10.5. The van der Waals surface area contributed by atoms with Crippen molar-refractivity contribution < 1.29 is 9.66 Å². The third kappa shape index (κ3) is 3.62. The largest absolute Gasteiger partial charge is 0.496 e. The molecule has 0 aliphatic heterocycles. The van der Waals surface area contributed by atoms with Gasteiger partial charge in [0.1, 0.15) is 5.75 Å². The summed E-state index contributed by atoms with van der Waals surface area (Å²) >= 11 is 0. The predicted molar refractivity (Wildman–Crippen MR) is 79.3 cm³/mol. The third-order valence-electron chi connectivity index (χ3n) is 4.13. The van der Waals surface area contributed by atoms with Crippen LogP contribution in [0.15, 0.2) is 18.2 Å². The first kappa shape index (κ1) is 14.6. The number of rotatable bonds is 5. The molecule has 0 radical (unpaired) electrons. The van der Waals surface area contributed by atoms with Gasteiger partial charge in [0.05, 0.1) is 18.1 Å². The maximum Gasteiger partial charge on any atom is 0.275 e. The number of nitro benzene ring substituents is 1. The van der Waals surface area contributed by atoms with E-state index < -0.39 is 0 Å². The molecule has 0 bridgehead atoms. The number of nitro groups is 1. The van der Waals surface area contributed by atoms with Gasteiger partial charge in [-0.15, -0.1) is 0 Å². The molecule has 2 rings (SSSR count). The number of anilines is 1. The van der Waals surface area contributed by atoms with Crippen molar-refractivity contribution in [1.29, 1.82) is 0 Å². The van der Waals surface area contributed by atoms with E-state index in [1.807, 2.05) is 6.07 Å². The molecular weight excluding hydrogens is 256 g/mol. The van der Waals surface area contributed by atoms with E-state index in [0.717, 1.165) is 24.4 Å². The molecule has 1 N–H and O–H groups in total. The highest BCUT2D eigenvalue weighted by atomic mass is 16.6. The summed E-state index contributed by atoms with van der Waals surface area (Å²) in [5, 5.41) is 14.3. The van der Waals surface area contributed by atoms with Crippen LogP contribution in [0.4, 0.5) is 11.4 Å². The number of nitrogens with zero attached hydrogens (tertiary/aromatic N) is 1. The van der Waals surface area contributed by atoms with E-state index in [9.17, 15) is 10.1 Å². The van der Waals surface area contributed by atoms with E-state index in [-0.39, 0.29) is 10.6 Å². The molecule has 0 unspecified atom stereocenters. The zero-order valence-corrected chi connectivity index (χ0v) is 12.1. The van der Waals surface area contributed by atoms with Gasteiger partial charge in [-0.05, 0) is 31.6 Å². The van der Waals surface area contributed by atoms with Crippen molar-refractivity contribution in [2.75, 3.05) is 12.4 Å². The van der Waals surface area contributed by atoms with E-state index in [1.165, 1.54) is 32.4 Å². The molecule has 0 amide bonds. The van der Waals surface area contributed by atoms with E-state index in [1.54, 1.807) is 6.07 Å². The second kappa shape index (κ2) is 6.59. The van der Waals surface area contributed by atoms with Crippen molar-refractivity contribution in [3.8, 4) is 5.75 Å². The molecule has 20 heavy (non-hydrogen) atoms. The average molecular weight is 278 g/mol. The summed E-state index contributed by atoms with van der Waals surface area (Å²) in [5.41, 5.74) is 0.838. The van der Waals surface area contributed by atoms with Crippen molar-refractivity contribution in [2.24, 2.45) is 5.92 Å². The highest BCUT2D eigenvalue weighted by molar-refractivity contribution is 5.56. The summed E-state index contributed by atoms with van der Waals surface area (Å²) in [6.45, 7) is 2.24. The van der Waals surface area contributed by atoms with E-state index in [4.69, 9.17) is 4.74 Å². The molecule has 5 nitrogen and oxygen atoms in total. The molecule has 1 aromatic rings. The number of hydrogen-bond donors (Lipinski definition) is 1. The third-order valence-corrected chi connectivity index (χ3v) is 4.13. The van der Waals surface area contributed by atoms with Gasteiger partial charge in [0.15, 0.2) is 0 Å². The first-order valence-corrected chi connectivity index (χ1v) is 7.22. The lowest BCUT2D eigenvalue weighted by atomic mass is 9.84. The van der Waals surface area contributed by atoms with Crippen LogP contribution >= 0.6 is 0 Å². The van der Waals surface area contributed by atoms with Crippen LogP contribution in [0.1, 0.15) is 39.0 Å². The van der Waals surface area contributed by atoms with Gasteiger partial charge in [-0.1, -0.05) is 13.3 Å². The Hall–Kier alpha value is -1.78. The lowest BCUT2D eigenvalue weighted by molar-refractivity contribution is -0.384. The first-order valence-electron chi connectivity index (χ1n) is 7.22. The molecule has 1 saturated carbocycles. The molecule has 5 heteroatoms. The summed E-state index contributed by atoms with van der Waals surface area (Å²) in [5.74, 6) is 1.36. The zero-order chi connectivity index (χ0) is 14.5. The van der Waals surface area contributed by atoms with Crippen molar-refractivity contribution in [3.63, 3.8) is 0 Å². The van der Waals surface area contributed by atoms with Gasteiger partial charge in [-0.25, -0.2) is 0 Å². The molecule has 1 aromatic carbocycles. The Kier molecular flexibility index (Phi) is 4.82. The first-order chi connectivity index (χ1) is 9.62. The van der Waals surface area contributed by atoms with Crippen LogP contribution in [-0.4, -0.2) is 18.1 Å². The lowest BCUT2D eigenvalue weighted by Gasteiger charge is -2.29. The number of methoxy groups -OCH3 is 1. The van der Waals surface area contributed by atoms with Crippen LogP contribution in [0.2, 0.25) is 0 Å². The fraction of sp³-hybridized carbons (Fsp3) is 0.600. The topological polar surface area (TPSA) is 64.4 Å². The van der Waals surface area contributed by atoms with Gasteiger partial charge < -0.3 is 10.1 Å². The maximum atomic E-state index is 10.9. The fourth-order valence-corrected chi connectivity index (χ4v) is 2.84. The summed E-state index contributed by atoms with van der Waals surface area (Å²) in [7, 11) is 1.52. The maximum absolute atomic E-state index is 10.9. The molecule has 0 spiro atoms. The Morgan fingerprint density at radius 3 is 2.55 bits per heavy atom. The van der Waals surface area contributed by atoms with Crippen LogP contribution < -0.4 is 10.1 Å². The molecule has 110 valence electrons. The normalized spacial score (nSPS) is 22.3. The minimum Gasteiger partial charge on any atom is -0.496 e.